The van der Waals surface area contributed by atoms with Gasteiger partial charge in [0.15, 0.2) is 5.13 Å². The highest BCUT2D eigenvalue weighted by Gasteiger charge is 2.46. The molecule has 0 atom stereocenters. The van der Waals surface area contributed by atoms with Crippen LogP contribution in [0.25, 0.3) is 0 Å². The first-order chi connectivity index (χ1) is 7.22. The normalized spacial score (nSPS) is 21.2. The summed E-state index contributed by atoms with van der Waals surface area (Å²) in [7, 11) is 0. The quantitative estimate of drug-likeness (QED) is 0.859. The number of thiazole rings is 1. The van der Waals surface area contributed by atoms with Crippen LogP contribution in [-0.2, 0) is 15.9 Å². The van der Waals surface area contributed by atoms with Gasteiger partial charge >= 0.3 is 0 Å². The molecule has 16 heavy (non-hydrogen) atoms. The van der Waals surface area contributed by atoms with Gasteiger partial charge in [-0.25, -0.2) is 4.98 Å². The van der Waals surface area contributed by atoms with E-state index < -0.39 is 0 Å². The summed E-state index contributed by atoms with van der Waals surface area (Å²) < 4.78 is 6.03. The number of fused-ring (bicyclic) bond motifs is 1. The highest BCUT2D eigenvalue weighted by atomic mass is 32.1. The van der Waals surface area contributed by atoms with Gasteiger partial charge in [0, 0.05) is 6.04 Å². The first-order valence-electron chi connectivity index (χ1n) is 5.71. The highest BCUT2D eigenvalue weighted by Crippen LogP contribution is 2.49. The van der Waals surface area contributed by atoms with E-state index in [9.17, 15) is 0 Å². The summed E-state index contributed by atoms with van der Waals surface area (Å²) in [6.07, 6.45) is 0. The molecule has 4 heteroatoms. The fourth-order valence-corrected chi connectivity index (χ4v) is 3.48. The molecule has 0 saturated heterocycles. The summed E-state index contributed by atoms with van der Waals surface area (Å²) in [5.74, 6) is 0. The van der Waals surface area contributed by atoms with Crippen LogP contribution < -0.4 is 5.32 Å². The molecule has 1 N–H and O–H groups in total. The zero-order valence-corrected chi connectivity index (χ0v) is 11.7. The lowest BCUT2D eigenvalue weighted by atomic mass is 10.0. The van der Waals surface area contributed by atoms with Gasteiger partial charge in [-0.2, -0.15) is 0 Å². The molecule has 0 amide bonds. The Morgan fingerprint density at radius 3 is 2.31 bits per heavy atom. The maximum absolute atomic E-state index is 6.03. The Morgan fingerprint density at radius 1 is 1.19 bits per heavy atom. The molecule has 2 heterocycles. The molecule has 0 aromatic carbocycles. The largest absolute Gasteiger partial charge is 0.359 e. The van der Waals surface area contributed by atoms with Crippen LogP contribution in [0.1, 0.15) is 52.1 Å². The fraction of sp³-hybridized carbons (Fsp3) is 0.750. The summed E-state index contributed by atoms with van der Waals surface area (Å²) in [4.78, 5) is 5.91. The van der Waals surface area contributed by atoms with Gasteiger partial charge in [0.2, 0.25) is 0 Å². The first-order valence-corrected chi connectivity index (χ1v) is 6.52. The zero-order valence-electron chi connectivity index (χ0n) is 10.8. The summed E-state index contributed by atoms with van der Waals surface area (Å²) in [6.45, 7) is 12.6. The SMILES string of the molecule is CC(C)Nc1nc2c(s1)C(C)(C)OC2(C)C. The maximum Gasteiger partial charge on any atom is 0.183 e. The van der Waals surface area contributed by atoms with E-state index >= 15 is 0 Å². The minimum Gasteiger partial charge on any atom is -0.359 e. The van der Waals surface area contributed by atoms with Crippen molar-refractivity contribution in [3.63, 3.8) is 0 Å². The molecule has 1 aliphatic rings. The van der Waals surface area contributed by atoms with Gasteiger partial charge < -0.3 is 10.1 Å². The van der Waals surface area contributed by atoms with Crippen molar-refractivity contribution < 1.29 is 4.74 Å². The van der Waals surface area contributed by atoms with E-state index in [0.29, 0.717) is 6.04 Å². The highest BCUT2D eigenvalue weighted by molar-refractivity contribution is 7.15. The Balaban J connectivity index is 2.41. The molecule has 0 spiro atoms. The molecule has 1 aliphatic heterocycles. The number of rotatable bonds is 2. The number of nitrogens with zero attached hydrogens (tertiary/aromatic N) is 1. The molecule has 0 unspecified atom stereocenters. The second-order valence-electron chi connectivity index (χ2n) is 5.62. The molecule has 90 valence electrons. The number of nitrogens with one attached hydrogen (secondary N) is 1. The van der Waals surface area contributed by atoms with Crippen molar-refractivity contribution in [1.29, 1.82) is 0 Å². The van der Waals surface area contributed by atoms with Crippen molar-refractivity contribution in [2.75, 3.05) is 5.32 Å². The standard InChI is InChI=1S/C12H20N2OS/c1-7(2)13-10-14-8-9(16-10)12(5,6)15-11(8,3)4/h7H,1-6H3,(H,13,14). The fourth-order valence-electron chi connectivity index (χ4n) is 2.18. The maximum atomic E-state index is 6.03. The number of anilines is 1. The van der Waals surface area contributed by atoms with E-state index in [2.05, 4.69) is 51.8 Å². The molecular weight excluding hydrogens is 220 g/mol. The zero-order chi connectivity index (χ0) is 12.1. The van der Waals surface area contributed by atoms with Crippen LogP contribution in [0.5, 0.6) is 0 Å². The lowest BCUT2D eigenvalue weighted by molar-refractivity contribution is -0.105. The van der Waals surface area contributed by atoms with E-state index in [4.69, 9.17) is 4.74 Å². The van der Waals surface area contributed by atoms with Gasteiger partial charge in [0.1, 0.15) is 5.60 Å². The van der Waals surface area contributed by atoms with E-state index in [0.717, 1.165) is 10.8 Å². The van der Waals surface area contributed by atoms with Crippen molar-refractivity contribution >= 4 is 16.5 Å². The predicted molar refractivity (Wildman–Crippen MR) is 68.0 cm³/mol. The third-order valence-electron chi connectivity index (χ3n) is 2.67. The van der Waals surface area contributed by atoms with Crippen molar-refractivity contribution in [2.45, 2.75) is 58.8 Å². The minimum absolute atomic E-state index is 0.215. The topological polar surface area (TPSA) is 34.2 Å². The molecule has 0 fully saturated rings. The smallest absolute Gasteiger partial charge is 0.183 e. The lowest BCUT2D eigenvalue weighted by Gasteiger charge is -2.24. The average Bonchev–Trinajstić information content (AvgIpc) is 2.51. The molecule has 1 aromatic rings. The second kappa shape index (κ2) is 3.44. The van der Waals surface area contributed by atoms with Gasteiger partial charge in [-0.05, 0) is 41.5 Å². The van der Waals surface area contributed by atoms with Crippen molar-refractivity contribution in [1.82, 2.24) is 4.98 Å². The monoisotopic (exact) mass is 240 g/mol. The van der Waals surface area contributed by atoms with E-state index in [1.165, 1.54) is 4.88 Å². The van der Waals surface area contributed by atoms with E-state index in [1.54, 1.807) is 11.3 Å². The van der Waals surface area contributed by atoms with Gasteiger partial charge in [-0.15, -0.1) is 0 Å². The van der Waals surface area contributed by atoms with Crippen LogP contribution in [0.3, 0.4) is 0 Å². The summed E-state index contributed by atoms with van der Waals surface area (Å²) in [6, 6.07) is 0.415. The number of ether oxygens (including phenoxy) is 1. The van der Waals surface area contributed by atoms with Crippen molar-refractivity contribution in [2.24, 2.45) is 0 Å². The number of aromatic nitrogens is 1. The Labute approximate surface area is 101 Å². The van der Waals surface area contributed by atoms with Crippen LogP contribution in [0.15, 0.2) is 0 Å². The molecule has 0 bridgehead atoms. The molecule has 1 aromatic heterocycles. The van der Waals surface area contributed by atoms with Crippen LogP contribution in [0.2, 0.25) is 0 Å². The lowest BCUT2D eigenvalue weighted by Crippen LogP contribution is -2.23. The predicted octanol–water partition coefficient (Wildman–Crippen LogP) is 3.46. The molecule has 0 saturated carbocycles. The number of hydrogen-bond acceptors (Lipinski definition) is 4. The Hall–Kier alpha value is -0.610. The number of hydrogen-bond donors (Lipinski definition) is 1. The Bertz CT molecular complexity index is 376. The first kappa shape index (κ1) is 11.9. The van der Waals surface area contributed by atoms with Gasteiger partial charge in [0.05, 0.1) is 16.2 Å². The molecule has 0 aliphatic carbocycles. The van der Waals surface area contributed by atoms with E-state index in [1.807, 2.05) is 0 Å². The third-order valence-corrected chi connectivity index (χ3v) is 3.96. The average molecular weight is 240 g/mol. The Kier molecular flexibility index (Phi) is 2.55. The van der Waals surface area contributed by atoms with E-state index in [-0.39, 0.29) is 11.2 Å². The van der Waals surface area contributed by atoms with Crippen LogP contribution in [0, 0.1) is 0 Å². The van der Waals surface area contributed by atoms with Gasteiger partial charge in [0.25, 0.3) is 0 Å². The summed E-state index contributed by atoms with van der Waals surface area (Å²) in [5.41, 5.74) is 0.602. The molecule has 2 rings (SSSR count). The van der Waals surface area contributed by atoms with Crippen LogP contribution in [-0.4, -0.2) is 11.0 Å². The Morgan fingerprint density at radius 2 is 1.81 bits per heavy atom. The van der Waals surface area contributed by atoms with Crippen molar-refractivity contribution in [3.8, 4) is 0 Å². The minimum atomic E-state index is -0.272. The van der Waals surface area contributed by atoms with Crippen LogP contribution >= 0.6 is 11.3 Å². The summed E-state index contributed by atoms with van der Waals surface area (Å²) >= 11 is 1.71. The van der Waals surface area contributed by atoms with Gasteiger partial charge in [-0.1, -0.05) is 11.3 Å². The van der Waals surface area contributed by atoms with Crippen LogP contribution in [0.4, 0.5) is 5.13 Å². The second-order valence-corrected chi connectivity index (χ2v) is 6.62. The molecule has 0 radical (unpaired) electrons. The van der Waals surface area contributed by atoms with Gasteiger partial charge in [-0.3, -0.25) is 0 Å². The molecular formula is C12H20N2OS. The third kappa shape index (κ3) is 1.84. The van der Waals surface area contributed by atoms with Crippen molar-refractivity contribution in [3.05, 3.63) is 10.6 Å². The summed E-state index contributed by atoms with van der Waals surface area (Å²) in [5, 5.41) is 4.37. The molecule has 3 nitrogen and oxygen atoms in total.